The van der Waals surface area contributed by atoms with Gasteiger partial charge in [0.15, 0.2) is 0 Å². The molecule has 4 N–H and O–H groups in total. The van der Waals surface area contributed by atoms with E-state index >= 15 is 0 Å². The van der Waals surface area contributed by atoms with E-state index < -0.39 is 0 Å². The van der Waals surface area contributed by atoms with Gasteiger partial charge in [-0.15, -0.1) is 0 Å². The predicted molar refractivity (Wildman–Crippen MR) is 55.2 cm³/mol. The maximum absolute atomic E-state index is 5.29. The molecule has 4 heteroatoms. The summed E-state index contributed by atoms with van der Waals surface area (Å²) in [5, 5.41) is 3.27. The molecule has 0 saturated heterocycles. The molecule has 0 spiro atoms. The van der Waals surface area contributed by atoms with Crippen molar-refractivity contribution in [2.45, 2.75) is 38.6 Å². The summed E-state index contributed by atoms with van der Waals surface area (Å²) in [5.74, 6) is 6.75. The predicted octanol–water partition coefficient (Wildman–Crippen LogP) is 0.604. The molecule has 1 fully saturated rings. The molecule has 0 radical (unpaired) electrons. The van der Waals surface area contributed by atoms with Crippen molar-refractivity contribution in [3.63, 3.8) is 0 Å². The molecule has 1 aliphatic rings. The van der Waals surface area contributed by atoms with Gasteiger partial charge in [0.2, 0.25) is 5.96 Å². The van der Waals surface area contributed by atoms with E-state index in [1.807, 2.05) is 0 Å². The third-order valence-electron chi connectivity index (χ3n) is 2.83. The van der Waals surface area contributed by atoms with Crippen LogP contribution in [0.25, 0.3) is 0 Å². The second-order valence-corrected chi connectivity index (χ2v) is 3.69. The van der Waals surface area contributed by atoms with Crippen LogP contribution in [0.5, 0.6) is 0 Å². The van der Waals surface area contributed by atoms with E-state index in [2.05, 4.69) is 22.7 Å². The van der Waals surface area contributed by atoms with Gasteiger partial charge in [-0.25, -0.2) is 5.84 Å². The molecule has 1 rings (SSSR count). The Morgan fingerprint density at radius 3 is 2.54 bits per heavy atom. The summed E-state index contributed by atoms with van der Waals surface area (Å²) in [5.41, 5.74) is 2.54. The summed E-state index contributed by atoms with van der Waals surface area (Å²) >= 11 is 0. The number of nitrogens with zero attached hydrogens (tertiary/aromatic N) is 1. The maximum atomic E-state index is 5.29. The Kier molecular flexibility index (Phi) is 4.02. The number of nitrogens with two attached hydrogens (primary N) is 1. The Balaban J connectivity index is 2.34. The van der Waals surface area contributed by atoms with Gasteiger partial charge in [0, 0.05) is 13.1 Å². The Hall–Kier alpha value is -0.770. The van der Waals surface area contributed by atoms with Crippen molar-refractivity contribution in [2.24, 2.45) is 16.8 Å². The van der Waals surface area contributed by atoms with Crippen molar-refractivity contribution in [1.82, 2.24) is 10.7 Å². The first kappa shape index (κ1) is 10.3. The smallest absolute Gasteiger partial charge is 0.205 e. The fourth-order valence-corrected chi connectivity index (χ4v) is 1.96. The molecule has 1 aliphatic carbocycles. The molecule has 0 aromatic carbocycles. The quantitative estimate of drug-likeness (QED) is 0.255. The number of hydrogen-bond acceptors (Lipinski definition) is 2. The zero-order valence-corrected chi connectivity index (χ0v) is 8.51. The number of nitrogens with one attached hydrogen (secondary N) is 2. The van der Waals surface area contributed by atoms with Gasteiger partial charge in [-0.3, -0.25) is 10.4 Å². The molecule has 0 aromatic rings. The van der Waals surface area contributed by atoms with Gasteiger partial charge in [0.1, 0.15) is 0 Å². The first-order valence-corrected chi connectivity index (χ1v) is 4.98. The highest BCUT2D eigenvalue weighted by atomic mass is 15.3. The number of aliphatic imine (C=N–C) groups is 1. The second kappa shape index (κ2) is 5.07. The molecule has 1 saturated carbocycles. The highest BCUT2D eigenvalue weighted by molar-refractivity contribution is 5.79. The monoisotopic (exact) mass is 184 g/mol. The van der Waals surface area contributed by atoms with Gasteiger partial charge < -0.3 is 5.32 Å². The zero-order valence-electron chi connectivity index (χ0n) is 8.51. The Bertz CT molecular complexity index is 172. The minimum absolute atomic E-state index is 0.470. The van der Waals surface area contributed by atoms with Crippen LogP contribution in [0, 0.1) is 5.92 Å². The topological polar surface area (TPSA) is 62.4 Å². The highest BCUT2D eigenvalue weighted by Crippen LogP contribution is 2.27. The summed E-state index contributed by atoms with van der Waals surface area (Å²) < 4.78 is 0. The largest absolute Gasteiger partial charge is 0.353 e. The summed E-state index contributed by atoms with van der Waals surface area (Å²) in [7, 11) is 1.73. The Labute approximate surface area is 80.0 Å². The normalized spacial score (nSPS) is 21.6. The van der Waals surface area contributed by atoms with Gasteiger partial charge in [0.25, 0.3) is 0 Å². The number of rotatable bonds is 2. The van der Waals surface area contributed by atoms with Crippen LogP contribution < -0.4 is 16.6 Å². The highest BCUT2D eigenvalue weighted by Gasteiger charge is 2.21. The van der Waals surface area contributed by atoms with Crippen molar-refractivity contribution in [3.8, 4) is 0 Å². The number of hydrazine groups is 1. The fraction of sp³-hybridized carbons (Fsp3) is 0.889. The summed E-state index contributed by atoms with van der Waals surface area (Å²) in [6.07, 6.45) is 5.39. The molecule has 0 aliphatic heterocycles. The molecule has 1 atom stereocenters. The lowest BCUT2D eigenvalue weighted by Crippen LogP contribution is -2.47. The van der Waals surface area contributed by atoms with Gasteiger partial charge in [0.05, 0.1) is 0 Å². The van der Waals surface area contributed by atoms with Crippen LogP contribution in [0.2, 0.25) is 0 Å². The molecule has 76 valence electrons. The number of guanidine groups is 1. The van der Waals surface area contributed by atoms with Crippen molar-refractivity contribution in [3.05, 3.63) is 0 Å². The molecule has 1 unspecified atom stereocenters. The van der Waals surface area contributed by atoms with Crippen LogP contribution in [-0.2, 0) is 0 Å². The summed E-state index contributed by atoms with van der Waals surface area (Å²) in [4.78, 5) is 3.99. The van der Waals surface area contributed by atoms with Crippen LogP contribution in [0.4, 0.5) is 0 Å². The molecular weight excluding hydrogens is 164 g/mol. The average Bonchev–Trinajstić information content (AvgIpc) is 2.66. The maximum Gasteiger partial charge on any atom is 0.205 e. The van der Waals surface area contributed by atoms with Gasteiger partial charge in [-0.05, 0) is 25.7 Å². The Morgan fingerprint density at radius 2 is 2.08 bits per heavy atom. The second-order valence-electron chi connectivity index (χ2n) is 3.69. The Morgan fingerprint density at radius 1 is 1.46 bits per heavy atom. The van der Waals surface area contributed by atoms with E-state index in [9.17, 15) is 0 Å². The van der Waals surface area contributed by atoms with Crippen LogP contribution in [0.1, 0.15) is 32.6 Å². The van der Waals surface area contributed by atoms with E-state index in [-0.39, 0.29) is 0 Å². The van der Waals surface area contributed by atoms with Crippen LogP contribution >= 0.6 is 0 Å². The van der Waals surface area contributed by atoms with Crippen molar-refractivity contribution in [2.75, 3.05) is 7.05 Å². The zero-order chi connectivity index (χ0) is 9.68. The molecule has 0 aromatic heterocycles. The SMILES string of the molecule is CN=C(NN)NC(C)C1CCCC1. The standard InChI is InChI=1S/C9H20N4/c1-7(8-5-3-4-6-8)12-9(11-2)13-10/h7-8H,3-6,10H2,1-2H3,(H2,11,12,13). The average molecular weight is 184 g/mol. The lowest BCUT2D eigenvalue weighted by Gasteiger charge is -2.21. The van der Waals surface area contributed by atoms with Crippen LogP contribution in [-0.4, -0.2) is 19.0 Å². The van der Waals surface area contributed by atoms with E-state index in [0.717, 1.165) is 5.92 Å². The van der Waals surface area contributed by atoms with Crippen molar-refractivity contribution >= 4 is 5.96 Å². The minimum Gasteiger partial charge on any atom is -0.353 e. The lowest BCUT2D eigenvalue weighted by atomic mass is 10.0. The fourth-order valence-electron chi connectivity index (χ4n) is 1.96. The molecule has 13 heavy (non-hydrogen) atoms. The minimum atomic E-state index is 0.470. The van der Waals surface area contributed by atoms with E-state index in [1.165, 1.54) is 25.7 Å². The molecular formula is C9H20N4. The molecule has 0 amide bonds. The van der Waals surface area contributed by atoms with Crippen molar-refractivity contribution in [1.29, 1.82) is 0 Å². The molecule has 0 bridgehead atoms. The first-order chi connectivity index (χ1) is 6.27. The summed E-state index contributed by atoms with van der Waals surface area (Å²) in [6, 6.07) is 0.470. The molecule has 0 heterocycles. The summed E-state index contributed by atoms with van der Waals surface area (Å²) in [6.45, 7) is 2.19. The van der Waals surface area contributed by atoms with Gasteiger partial charge in [-0.1, -0.05) is 12.8 Å². The van der Waals surface area contributed by atoms with E-state index in [4.69, 9.17) is 5.84 Å². The van der Waals surface area contributed by atoms with Gasteiger partial charge in [-0.2, -0.15) is 0 Å². The first-order valence-electron chi connectivity index (χ1n) is 4.98. The third kappa shape index (κ3) is 2.88. The van der Waals surface area contributed by atoms with Crippen LogP contribution in [0.15, 0.2) is 4.99 Å². The van der Waals surface area contributed by atoms with Crippen molar-refractivity contribution < 1.29 is 0 Å². The van der Waals surface area contributed by atoms with E-state index in [0.29, 0.717) is 12.0 Å². The van der Waals surface area contributed by atoms with Crippen LogP contribution in [0.3, 0.4) is 0 Å². The molecule has 4 nitrogen and oxygen atoms in total. The number of hydrogen-bond donors (Lipinski definition) is 3. The third-order valence-corrected chi connectivity index (χ3v) is 2.83. The lowest BCUT2D eigenvalue weighted by molar-refractivity contribution is 0.422. The van der Waals surface area contributed by atoms with Gasteiger partial charge >= 0.3 is 0 Å². The van der Waals surface area contributed by atoms with E-state index in [1.54, 1.807) is 7.05 Å².